The number of anilines is 1. The molecule has 192 valence electrons. The molecule has 0 aliphatic rings. The van der Waals surface area contributed by atoms with Gasteiger partial charge in [0.1, 0.15) is 6.61 Å². The second-order valence-electron chi connectivity index (χ2n) is 8.12. The Kier molecular flexibility index (Phi) is 7.88. The largest absolute Gasteiger partial charge is 0.460 e. The van der Waals surface area contributed by atoms with E-state index in [1.165, 1.54) is 0 Å². The average Bonchev–Trinajstić information content (AvgIpc) is 3.31. The lowest BCUT2D eigenvalue weighted by atomic mass is 10.1. The third kappa shape index (κ3) is 6.53. The molecule has 10 heteroatoms. The van der Waals surface area contributed by atoms with Crippen molar-refractivity contribution < 1.29 is 27.4 Å². The summed E-state index contributed by atoms with van der Waals surface area (Å²) in [5.74, 6) is 0.000736. The molecule has 0 saturated heterocycles. The van der Waals surface area contributed by atoms with Crippen LogP contribution in [0.25, 0.3) is 17.1 Å². The van der Waals surface area contributed by atoms with Crippen LogP contribution in [0.4, 0.5) is 18.9 Å². The maximum absolute atomic E-state index is 12.8. The maximum Gasteiger partial charge on any atom is 0.416 e. The zero-order chi connectivity index (χ0) is 26.4. The fraction of sp³-hybridized carbons (Fsp3) is 0.222. The molecule has 4 aromatic rings. The minimum absolute atomic E-state index is 0.101. The van der Waals surface area contributed by atoms with E-state index in [-0.39, 0.29) is 18.2 Å². The topological polar surface area (TPSA) is 78.3 Å². The van der Waals surface area contributed by atoms with Crippen molar-refractivity contribution in [1.82, 2.24) is 14.8 Å². The van der Waals surface area contributed by atoms with Crippen molar-refractivity contribution in [3.63, 3.8) is 0 Å². The van der Waals surface area contributed by atoms with Crippen LogP contribution >= 0.6 is 0 Å². The number of nitrogens with zero attached hydrogens (tertiary/aromatic N) is 3. The smallest absolute Gasteiger partial charge is 0.416 e. The number of hydrogen-bond acceptors (Lipinski definition) is 5. The number of amides is 1. The Morgan fingerprint density at radius 1 is 1.00 bits per heavy atom. The quantitative estimate of drug-likeness (QED) is 0.283. The van der Waals surface area contributed by atoms with Gasteiger partial charge in [-0.2, -0.15) is 18.2 Å². The highest BCUT2D eigenvalue weighted by molar-refractivity contribution is 6.04. The molecule has 4 rings (SSSR count). The number of alkyl halides is 3. The number of aryl methyl sites for hydroxylation is 1. The zero-order valence-corrected chi connectivity index (χ0v) is 20.2. The van der Waals surface area contributed by atoms with E-state index in [1.54, 1.807) is 28.9 Å². The highest BCUT2D eigenvalue weighted by Gasteiger charge is 2.30. The normalized spacial score (nSPS) is 11.4. The minimum Gasteiger partial charge on any atom is -0.460 e. The molecular formula is C27H25F3N4O3. The van der Waals surface area contributed by atoms with Crippen LogP contribution in [0.2, 0.25) is 0 Å². The van der Waals surface area contributed by atoms with Gasteiger partial charge in [0, 0.05) is 23.4 Å². The summed E-state index contributed by atoms with van der Waals surface area (Å²) in [5.41, 5.74) is 2.23. The van der Waals surface area contributed by atoms with Crippen LogP contribution in [-0.4, -0.2) is 40.5 Å². The lowest BCUT2D eigenvalue weighted by Crippen LogP contribution is -2.13. The van der Waals surface area contributed by atoms with Crippen molar-refractivity contribution in [1.29, 1.82) is 0 Å². The highest BCUT2D eigenvalue weighted by Crippen LogP contribution is 2.29. The molecule has 0 bridgehead atoms. The maximum atomic E-state index is 12.8. The van der Waals surface area contributed by atoms with Crippen LogP contribution in [0.5, 0.6) is 6.01 Å². The second-order valence-corrected chi connectivity index (χ2v) is 8.12. The van der Waals surface area contributed by atoms with Gasteiger partial charge in [0.05, 0.1) is 17.9 Å². The standard InChI is InChI=1S/C27H25F3N4O3/c1-3-36-15-16-37-26-32-24(19-9-7-18(2)8-10-19)34(33-26)23-6-4-5-22(17-23)31-25(35)20-11-13-21(14-12-20)27(28,29)30/h4-14,17H,3,15-16H2,1-2H3,(H,31,35). The molecule has 0 fully saturated rings. The number of carbonyl (C=O) groups is 1. The highest BCUT2D eigenvalue weighted by atomic mass is 19.4. The molecule has 37 heavy (non-hydrogen) atoms. The first-order valence-electron chi connectivity index (χ1n) is 11.6. The molecule has 0 aliphatic heterocycles. The van der Waals surface area contributed by atoms with Crippen LogP contribution < -0.4 is 10.1 Å². The van der Waals surface area contributed by atoms with Crippen LogP contribution in [0.3, 0.4) is 0 Å². The molecule has 7 nitrogen and oxygen atoms in total. The number of carbonyl (C=O) groups excluding carboxylic acids is 1. The van der Waals surface area contributed by atoms with Gasteiger partial charge < -0.3 is 14.8 Å². The van der Waals surface area contributed by atoms with Gasteiger partial charge in [0.25, 0.3) is 5.91 Å². The molecule has 0 radical (unpaired) electrons. The van der Waals surface area contributed by atoms with Crippen LogP contribution in [-0.2, 0) is 10.9 Å². The summed E-state index contributed by atoms with van der Waals surface area (Å²) in [6, 6.07) is 18.9. The van der Waals surface area contributed by atoms with E-state index in [0.717, 1.165) is 35.4 Å². The first-order chi connectivity index (χ1) is 17.7. The summed E-state index contributed by atoms with van der Waals surface area (Å²) in [5, 5.41) is 7.22. The van der Waals surface area contributed by atoms with Gasteiger partial charge in [-0.1, -0.05) is 35.9 Å². The van der Waals surface area contributed by atoms with Gasteiger partial charge in [0.15, 0.2) is 5.82 Å². The van der Waals surface area contributed by atoms with E-state index in [1.807, 2.05) is 38.1 Å². The third-order valence-corrected chi connectivity index (χ3v) is 5.38. The van der Waals surface area contributed by atoms with Crippen molar-refractivity contribution in [3.05, 3.63) is 89.5 Å². The van der Waals surface area contributed by atoms with Gasteiger partial charge in [-0.05, 0) is 56.3 Å². The molecular weight excluding hydrogens is 485 g/mol. The number of nitrogens with one attached hydrogen (secondary N) is 1. The second kappa shape index (κ2) is 11.3. The van der Waals surface area contributed by atoms with E-state index in [4.69, 9.17) is 9.47 Å². The Balaban J connectivity index is 1.59. The molecule has 1 amide bonds. The summed E-state index contributed by atoms with van der Waals surface area (Å²) in [7, 11) is 0. The number of halogens is 3. The Hall–Kier alpha value is -4.18. The van der Waals surface area contributed by atoms with Crippen molar-refractivity contribution in [2.75, 3.05) is 25.1 Å². The summed E-state index contributed by atoms with van der Waals surface area (Å²) < 4.78 is 51.0. The van der Waals surface area contributed by atoms with Gasteiger partial charge in [0.2, 0.25) is 0 Å². The Morgan fingerprint density at radius 3 is 2.41 bits per heavy atom. The summed E-state index contributed by atoms with van der Waals surface area (Å²) in [6.45, 7) is 5.14. The molecule has 1 heterocycles. The summed E-state index contributed by atoms with van der Waals surface area (Å²) in [4.78, 5) is 17.2. The van der Waals surface area contributed by atoms with Gasteiger partial charge in [-0.3, -0.25) is 4.79 Å². The number of aromatic nitrogens is 3. The lowest BCUT2D eigenvalue weighted by Gasteiger charge is -2.10. The number of hydrogen-bond donors (Lipinski definition) is 1. The molecule has 1 N–H and O–H groups in total. The molecule has 0 saturated carbocycles. The van der Waals surface area contributed by atoms with E-state index in [0.29, 0.717) is 30.4 Å². The monoisotopic (exact) mass is 510 g/mol. The molecule has 0 aliphatic carbocycles. The van der Waals surface area contributed by atoms with E-state index in [9.17, 15) is 18.0 Å². The SMILES string of the molecule is CCOCCOc1nc(-c2ccc(C)cc2)n(-c2cccc(NC(=O)c3ccc(C(F)(F)F)cc3)c2)n1. The fourth-order valence-electron chi connectivity index (χ4n) is 3.49. The van der Waals surface area contributed by atoms with E-state index < -0.39 is 17.6 Å². The molecule has 0 unspecified atom stereocenters. The molecule has 0 atom stereocenters. The zero-order valence-electron chi connectivity index (χ0n) is 20.2. The molecule has 1 aromatic heterocycles. The van der Waals surface area contributed by atoms with E-state index in [2.05, 4.69) is 15.4 Å². The molecule has 0 spiro atoms. The average molecular weight is 511 g/mol. The van der Waals surface area contributed by atoms with Crippen LogP contribution in [0.15, 0.2) is 72.8 Å². The minimum atomic E-state index is -4.47. The Labute approximate surface area is 211 Å². The fourth-order valence-corrected chi connectivity index (χ4v) is 3.49. The lowest BCUT2D eigenvalue weighted by molar-refractivity contribution is -0.137. The Morgan fingerprint density at radius 2 is 1.73 bits per heavy atom. The predicted molar refractivity (Wildman–Crippen MR) is 133 cm³/mol. The predicted octanol–water partition coefficient (Wildman–Crippen LogP) is 5.93. The first kappa shape index (κ1) is 25.9. The van der Waals surface area contributed by atoms with Crippen LogP contribution in [0.1, 0.15) is 28.4 Å². The van der Waals surface area contributed by atoms with Gasteiger partial charge in [-0.25, -0.2) is 4.68 Å². The Bertz CT molecular complexity index is 1350. The first-order valence-corrected chi connectivity index (χ1v) is 11.6. The van der Waals surface area contributed by atoms with Crippen LogP contribution in [0, 0.1) is 6.92 Å². The number of rotatable bonds is 9. The van der Waals surface area contributed by atoms with Crippen molar-refractivity contribution in [3.8, 4) is 23.1 Å². The van der Waals surface area contributed by atoms with Gasteiger partial charge >= 0.3 is 12.2 Å². The summed E-state index contributed by atoms with van der Waals surface area (Å²) in [6.07, 6.45) is -4.47. The van der Waals surface area contributed by atoms with Crippen molar-refractivity contribution >= 4 is 11.6 Å². The van der Waals surface area contributed by atoms with Gasteiger partial charge in [-0.15, -0.1) is 5.10 Å². The molecule has 3 aromatic carbocycles. The number of benzene rings is 3. The van der Waals surface area contributed by atoms with Crippen molar-refractivity contribution in [2.24, 2.45) is 0 Å². The van der Waals surface area contributed by atoms with E-state index >= 15 is 0 Å². The number of ether oxygens (including phenoxy) is 2. The van der Waals surface area contributed by atoms with Crippen molar-refractivity contribution in [2.45, 2.75) is 20.0 Å². The third-order valence-electron chi connectivity index (χ3n) is 5.38. The summed E-state index contributed by atoms with van der Waals surface area (Å²) >= 11 is 0.